The largest absolute Gasteiger partial charge is 0.497 e. The maximum atomic E-state index is 5.22. The van der Waals surface area contributed by atoms with Gasteiger partial charge in [0.25, 0.3) is 0 Å². The van der Waals surface area contributed by atoms with Crippen LogP contribution in [0.25, 0.3) is 0 Å². The molecule has 1 aromatic carbocycles. The van der Waals surface area contributed by atoms with Crippen molar-refractivity contribution in [2.45, 2.75) is 32.7 Å². The Hall–Kier alpha value is -1.02. The second kappa shape index (κ2) is 12.4. The number of ether oxygens (including phenoxy) is 1. The molecule has 1 aromatic rings. The van der Waals surface area contributed by atoms with Gasteiger partial charge in [-0.25, -0.2) is 0 Å². The minimum atomic E-state index is 0. The van der Waals surface area contributed by atoms with Crippen molar-refractivity contribution in [3.63, 3.8) is 0 Å². The number of halogens is 1. The molecule has 0 spiro atoms. The number of rotatable bonds is 7. The van der Waals surface area contributed by atoms with E-state index in [4.69, 9.17) is 4.74 Å². The van der Waals surface area contributed by atoms with Crippen LogP contribution in [0.1, 0.15) is 31.7 Å². The Morgan fingerprint density at radius 3 is 2.46 bits per heavy atom. The molecule has 1 saturated heterocycles. The second-order valence-corrected chi connectivity index (χ2v) is 7.10. The van der Waals surface area contributed by atoms with Gasteiger partial charge in [0.15, 0.2) is 5.96 Å². The van der Waals surface area contributed by atoms with E-state index < -0.39 is 0 Å². The van der Waals surface area contributed by atoms with Crippen LogP contribution >= 0.6 is 24.0 Å². The normalized spacial score (nSPS) is 16.5. The van der Waals surface area contributed by atoms with E-state index in [0.29, 0.717) is 5.92 Å². The number of hydrogen-bond donors (Lipinski definition) is 1. The zero-order valence-electron chi connectivity index (χ0n) is 16.7. The molecule has 0 saturated carbocycles. The van der Waals surface area contributed by atoms with E-state index in [2.05, 4.69) is 46.2 Å². The zero-order valence-corrected chi connectivity index (χ0v) is 19.0. The summed E-state index contributed by atoms with van der Waals surface area (Å²) in [5, 5.41) is 3.53. The predicted molar refractivity (Wildman–Crippen MR) is 121 cm³/mol. The van der Waals surface area contributed by atoms with E-state index in [9.17, 15) is 0 Å². The van der Waals surface area contributed by atoms with Crippen LogP contribution in [-0.4, -0.2) is 63.1 Å². The molecule has 1 aliphatic heterocycles. The van der Waals surface area contributed by atoms with Crippen molar-refractivity contribution in [1.82, 2.24) is 15.1 Å². The fourth-order valence-electron chi connectivity index (χ4n) is 3.38. The Morgan fingerprint density at radius 1 is 1.23 bits per heavy atom. The third-order valence-corrected chi connectivity index (χ3v) is 4.78. The van der Waals surface area contributed by atoms with Gasteiger partial charge in [0.1, 0.15) is 5.75 Å². The summed E-state index contributed by atoms with van der Waals surface area (Å²) in [7, 11) is 5.62. The van der Waals surface area contributed by atoms with Crippen LogP contribution in [0.4, 0.5) is 0 Å². The molecule has 1 unspecified atom stereocenters. The van der Waals surface area contributed by atoms with Crippen molar-refractivity contribution in [2.24, 2.45) is 10.9 Å². The Kier molecular flexibility index (Phi) is 11.0. The summed E-state index contributed by atoms with van der Waals surface area (Å²) in [4.78, 5) is 9.19. The van der Waals surface area contributed by atoms with E-state index in [1.807, 2.05) is 19.2 Å². The van der Waals surface area contributed by atoms with Crippen LogP contribution in [0.5, 0.6) is 5.75 Å². The van der Waals surface area contributed by atoms with Crippen LogP contribution in [-0.2, 0) is 6.54 Å². The van der Waals surface area contributed by atoms with Crippen LogP contribution in [0, 0.1) is 5.92 Å². The SMILES string of the molecule is CN=C(NCC(C)CN1CCCCC1)N(C)Cc1ccc(OC)cc1.I. The van der Waals surface area contributed by atoms with Crippen molar-refractivity contribution >= 4 is 29.9 Å². The lowest BCUT2D eigenvalue weighted by Gasteiger charge is -2.30. The maximum absolute atomic E-state index is 5.22. The molecule has 0 radical (unpaired) electrons. The van der Waals surface area contributed by atoms with Crippen molar-refractivity contribution in [3.8, 4) is 5.75 Å². The smallest absolute Gasteiger partial charge is 0.193 e. The number of methoxy groups -OCH3 is 1. The molecular formula is C20H35IN4O. The van der Waals surface area contributed by atoms with Gasteiger partial charge in [-0.15, -0.1) is 24.0 Å². The summed E-state index contributed by atoms with van der Waals surface area (Å²) in [6.07, 6.45) is 4.10. The molecule has 0 aromatic heterocycles. The number of piperidine rings is 1. The third kappa shape index (κ3) is 7.70. The summed E-state index contributed by atoms with van der Waals surface area (Å²) < 4.78 is 5.22. The Labute approximate surface area is 176 Å². The summed E-state index contributed by atoms with van der Waals surface area (Å²) in [6.45, 7) is 7.79. The predicted octanol–water partition coefficient (Wildman–Crippen LogP) is 3.44. The lowest BCUT2D eigenvalue weighted by Crippen LogP contribution is -2.43. The summed E-state index contributed by atoms with van der Waals surface area (Å²) in [5.41, 5.74) is 1.24. The Bertz CT molecular complexity index is 529. The highest BCUT2D eigenvalue weighted by Gasteiger charge is 2.14. The minimum absolute atomic E-state index is 0. The van der Waals surface area contributed by atoms with Gasteiger partial charge >= 0.3 is 0 Å². The first-order chi connectivity index (χ1) is 12.1. The lowest BCUT2D eigenvalue weighted by molar-refractivity contribution is 0.200. The van der Waals surface area contributed by atoms with E-state index >= 15 is 0 Å². The first-order valence-corrected chi connectivity index (χ1v) is 9.39. The van der Waals surface area contributed by atoms with Crippen LogP contribution < -0.4 is 10.1 Å². The quantitative estimate of drug-likeness (QED) is 0.374. The van der Waals surface area contributed by atoms with Gasteiger partial charge in [0.05, 0.1) is 7.11 Å². The molecule has 26 heavy (non-hydrogen) atoms. The molecule has 1 aliphatic rings. The van der Waals surface area contributed by atoms with Crippen molar-refractivity contribution in [3.05, 3.63) is 29.8 Å². The number of guanidine groups is 1. The third-order valence-electron chi connectivity index (χ3n) is 4.78. The molecule has 0 amide bonds. The Morgan fingerprint density at radius 2 is 1.88 bits per heavy atom. The van der Waals surface area contributed by atoms with Crippen molar-refractivity contribution in [2.75, 3.05) is 47.4 Å². The average molecular weight is 474 g/mol. The summed E-state index contributed by atoms with van der Waals surface area (Å²) in [6, 6.07) is 8.20. The molecule has 1 fully saturated rings. The number of nitrogens with zero attached hydrogens (tertiary/aromatic N) is 3. The number of likely N-dealkylation sites (tertiary alicyclic amines) is 1. The Balaban J connectivity index is 0.00000338. The fraction of sp³-hybridized carbons (Fsp3) is 0.650. The van der Waals surface area contributed by atoms with Crippen LogP contribution in [0.3, 0.4) is 0 Å². The van der Waals surface area contributed by atoms with Gasteiger partial charge in [0.2, 0.25) is 0 Å². The number of aliphatic imine (C=N–C) groups is 1. The van der Waals surface area contributed by atoms with Gasteiger partial charge in [-0.05, 0) is 49.5 Å². The van der Waals surface area contributed by atoms with Gasteiger partial charge < -0.3 is 19.9 Å². The number of benzene rings is 1. The average Bonchev–Trinajstić information content (AvgIpc) is 2.63. The van der Waals surface area contributed by atoms with E-state index in [1.54, 1.807) is 7.11 Å². The molecule has 5 nitrogen and oxygen atoms in total. The molecule has 1 atom stereocenters. The first kappa shape index (κ1) is 23.0. The number of hydrogen-bond acceptors (Lipinski definition) is 3. The van der Waals surface area contributed by atoms with Crippen LogP contribution in [0.15, 0.2) is 29.3 Å². The summed E-state index contributed by atoms with van der Waals surface area (Å²) >= 11 is 0. The highest BCUT2D eigenvalue weighted by atomic mass is 127. The topological polar surface area (TPSA) is 40.1 Å². The van der Waals surface area contributed by atoms with Crippen molar-refractivity contribution in [1.29, 1.82) is 0 Å². The van der Waals surface area contributed by atoms with Crippen molar-refractivity contribution < 1.29 is 4.74 Å². The highest BCUT2D eigenvalue weighted by Crippen LogP contribution is 2.13. The second-order valence-electron chi connectivity index (χ2n) is 7.10. The molecule has 148 valence electrons. The first-order valence-electron chi connectivity index (χ1n) is 9.39. The molecule has 2 rings (SSSR count). The molecule has 1 N–H and O–H groups in total. The molecule has 6 heteroatoms. The standard InChI is InChI=1S/C20H34N4O.HI/c1-17(15-24-12-6-5-7-13-24)14-22-20(21-2)23(3)16-18-8-10-19(25-4)11-9-18;/h8-11,17H,5-7,12-16H2,1-4H3,(H,21,22);1H. The fourth-order valence-corrected chi connectivity index (χ4v) is 3.38. The van der Waals surface area contributed by atoms with Gasteiger partial charge in [-0.1, -0.05) is 25.5 Å². The monoisotopic (exact) mass is 474 g/mol. The van der Waals surface area contributed by atoms with E-state index in [1.165, 1.54) is 44.5 Å². The summed E-state index contributed by atoms with van der Waals surface area (Å²) in [5.74, 6) is 2.45. The van der Waals surface area contributed by atoms with Gasteiger partial charge in [-0.3, -0.25) is 4.99 Å². The van der Waals surface area contributed by atoms with Gasteiger partial charge in [-0.2, -0.15) is 0 Å². The maximum Gasteiger partial charge on any atom is 0.193 e. The van der Waals surface area contributed by atoms with E-state index in [0.717, 1.165) is 24.8 Å². The zero-order chi connectivity index (χ0) is 18.1. The number of nitrogens with one attached hydrogen (secondary N) is 1. The van der Waals surface area contributed by atoms with Crippen LogP contribution in [0.2, 0.25) is 0 Å². The van der Waals surface area contributed by atoms with E-state index in [-0.39, 0.29) is 24.0 Å². The molecule has 0 aliphatic carbocycles. The molecule has 0 bridgehead atoms. The molecular weight excluding hydrogens is 439 g/mol. The lowest BCUT2D eigenvalue weighted by atomic mass is 10.1. The highest BCUT2D eigenvalue weighted by molar-refractivity contribution is 14.0. The molecule has 1 heterocycles. The van der Waals surface area contributed by atoms with Gasteiger partial charge in [0, 0.05) is 33.7 Å². The minimum Gasteiger partial charge on any atom is -0.497 e.